The van der Waals surface area contributed by atoms with Crippen molar-refractivity contribution in [3.63, 3.8) is 0 Å². The topological polar surface area (TPSA) is 49.8 Å². The summed E-state index contributed by atoms with van der Waals surface area (Å²) in [4.78, 5) is 13.7. The fourth-order valence-electron chi connectivity index (χ4n) is 3.81. The first-order valence-corrected chi connectivity index (χ1v) is 8.77. The molecule has 0 aliphatic carbocycles. The largest absolute Gasteiger partial charge is 0.416 e. The van der Waals surface area contributed by atoms with Crippen LogP contribution < -0.4 is 0 Å². The van der Waals surface area contributed by atoms with Crippen molar-refractivity contribution in [1.29, 1.82) is 0 Å². The quantitative estimate of drug-likeness (QED) is 0.771. The highest BCUT2D eigenvalue weighted by Crippen LogP contribution is 2.37. The number of hydrogen-bond donors (Lipinski definition) is 1. The fraction of sp³-hybridized carbons (Fsp3) is 0.611. The summed E-state index contributed by atoms with van der Waals surface area (Å²) in [6.07, 6.45) is -9.03. The van der Waals surface area contributed by atoms with E-state index in [0.717, 1.165) is 0 Å². The van der Waals surface area contributed by atoms with E-state index in [9.17, 15) is 36.2 Å². The molecule has 0 spiro atoms. The van der Waals surface area contributed by atoms with E-state index in [1.165, 1.54) is 0 Å². The van der Waals surface area contributed by atoms with Crippen LogP contribution in [0.3, 0.4) is 0 Å². The number of piperidine rings is 1. The lowest BCUT2D eigenvalue weighted by Gasteiger charge is -2.33. The second-order valence-corrected chi connectivity index (χ2v) is 7.27. The monoisotopic (exact) mass is 411 g/mol. The number of alkyl halides is 6. The molecular formula is C18H19F6NO3. The number of aliphatic hydroxyl groups is 1. The lowest BCUT2D eigenvalue weighted by molar-refractivity contribution is -0.143. The van der Waals surface area contributed by atoms with Crippen molar-refractivity contribution in [1.82, 2.24) is 4.90 Å². The highest BCUT2D eigenvalue weighted by Gasteiger charge is 2.41. The van der Waals surface area contributed by atoms with E-state index < -0.39 is 36.2 Å². The van der Waals surface area contributed by atoms with Crippen LogP contribution in [-0.4, -0.2) is 41.2 Å². The molecule has 1 aromatic carbocycles. The minimum Gasteiger partial charge on any atom is -0.396 e. The first-order valence-electron chi connectivity index (χ1n) is 8.77. The maximum absolute atomic E-state index is 12.9. The normalized spacial score (nSPS) is 25.9. The molecule has 10 heteroatoms. The number of aliphatic hydroxyl groups excluding tert-OH is 1. The van der Waals surface area contributed by atoms with Crippen molar-refractivity contribution in [2.75, 3.05) is 13.2 Å². The number of rotatable bonds is 4. The summed E-state index contributed by atoms with van der Waals surface area (Å²) in [5.41, 5.74) is -3.00. The van der Waals surface area contributed by atoms with Gasteiger partial charge in [-0.25, -0.2) is 0 Å². The second kappa shape index (κ2) is 7.55. The Balaban J connectivity index is 1.70. The number of hydrogen-bond acceptors (Lipinski definition) is 3. The van der Waals surface area contributed by atoms with Gasteiger partial charge in [-0.3, -0.25) is 4.79 Å². The zero-order valence-corrected chi connectivity index (χ0v) is 14.7. The average molecular weight is 411 g/mol. The van der Waals surface area contributed by atoms with Gasteiger partial charge in [0, 0.05) is 25.6 Å². The zero-order valence-electron chi connectivity index (χ0n) is 14.7. The molecular weight excluding hydrogens is 392 g/mol. The molecule has 2 aliphatic rings. The van der Waals surface area contributed by atoms with Crippen LogP contribution in [0.1, 0.15) is 36.0 Å². The molecule has 0 bridgehead atoms. The number of nitrogens with zero attached hydrogens (tertiary/aromatic N) is 1. The fourth-order valence-corrected chi connectivity index (χ4v) is 3.81. The zero-order chi connectivity index (χ0) is 20.7. The average Bonchev–Trinajstić information content (AvgIpc) is 3.01. The van der Waals surface area contributed by atoms with Gasteiger partial charge in [0.2, 0.25) is 5.91 Å². The minimum atomic E-state index is -4.91. The Morgan fingerprint density at radius 2 is 1.64 bits per heavy atom. The number of carbonyl (C=O) groups is 1. The van der Waals surface area contributed by atoms with Crippen LogP contribution in [0.15, 0.2) is 18.2 Å². The van der Waals surface area contributed by atoms with E-state index in [0.29, 0.717) is 25.0 Å². The highest BCUT2D eigenvalue weighted by molar-refractivity contribution is 5.78. The summed E-state index contributed by atoms with van der Waals surface area (Å²) in [5, 5.41) is 9.24. The highest BCUT2D eigenvalue weighted by atomic mass is 19.4. The lowest BCUT2D eigenvalue weighted by Crippen LogP contribution is -2.43. The van der Waals surface area contributed by atoms with Gasteiger partial charge in [-0.2, -0.15) is 26.3 Å². The van der Waals surface area contributed by atoms with Crippen molar-refractivity contribution in [2.45, 2.75) is 50.4 Å². The number of halogens is 6. The van der Waals surface area contributed by atoms with Crippen molar-refractivity contribution in [2.24, 2.45) is 5.92 Å². The SMILES string of the molecule is O=C1CC(CO)CC2CC(OCc3cc(C(F)(F)F)cc(C(F)(F)F)c3)CN12. The van der Waals surface area contributed by atoms with Gasteiger partial charge in [-0.05, 0) is 42.5 Å². The molecule has 3 unspecified atom stereocenters. The van der Waals surface area contributed by atoms with Gasteiger partial charge in [0.25, 0.3) is 0 Å². The van der Waals surface area contributed by atoms with Crippen LogP contribution >= 0.6 is 0 Å². The van der Waals surface area contributed by atoms with Gasteiger partial charge >= 0.3 is 12.4 Å². The summed E-state index contributed by atoms with van der Waals surface area (Å²) in [7, 11) is 0. The second-order valence-electron chi connectivity index (χ2n) is 7.27. The van der Waals surface area contributed by atoms with E-state index in [4.69, 9.17) is 4.74 Å². The molecule has 1 aromatic rings. The minimum absolute atomic E-state index is 0.0764. The van der Waals surface area contributed by atoms with E-state index in [-0.39, 0.29) is 49.1 Å². The van der Waals surface area contributed by atoms with Gasteiger partial charge in [-0.1, -0.05) is 0 Å². The molecule has 2 fully saturated rings. The molecule has 28 heavy (non-hydrogen) atoms. The smallest absolute Gasteiger partial charge is 0.396 e. The Bertz CT molecular complexity index is 701. The summed E-state index contributed by atoms with van der Waals surface area (Å²) < 4.78 is 83.1. The van der Waals surface area contributed by atoms with Crippen LogP contribution in [0.2, 0.25) is 0 Å². The van der Waals surface area contributed by atoms with E-state index >= 15 is 0 Å². The number of amides is 1. The van der Waals surface area contributed by atoms with Crippen molar-refractivity contribution >= 4 is 5.91 Å². The van der Waals surface area contributed by atoms with Gasteiger partial charge in [0.15, 0.2) is 0 Å². The van der Waals surface area contributed by atoms with Crippen LogP contribution in [0.4, 0.5) is 26.3 Å². The van der Waals surface area contributed by atoms with Crippen LogP contribution in [0.5, 0.6) is 0 Å². The summed E-state index contributed by atoms with van der Waals surface area (Å²) in [5.74, 6) is -0.259. The first kappa shape index (κ1) is 20.9. The van der Waals surface area contributed by atoms with Crippen molar-refractivity contribution < 1.29 is 41.0 Å². The lowest BCUT2D eigenvalue weighted by atomic mass is 9.91. The molecule has 0 aromatic heterocycles. The van der Waals surface area contributed by atoms with Gasteiger partial charge in [0.1, 0.15) is 0 Å². The molecule has 4 nitrogen and oxygen atoms in total. The third kappa shape index (κ3) is 4.60. The van der Waals surface area contributed by atoms with Crippen LogP contribution in [0, 0.1) is 5.92 Å². The Morgan fingerprint density at radius 3 is 2.18 bits per heavy atom. The number of benzene rings is 1. The molecule has 156 valence electrons. The molecule has 0 saturated carbocycles. The predicted octanol–water partition coefficient (Wildman–Crippen LogP) is 3.61. The third-order valence-electron chi connectivity index (χ3n) is 5.16. The standard InChI is InChI=1S/C18H19F6NO3/c19-17(20,21)12-1-11(2-13(5-12)18(22,23)24)9-28-15-6-14-3-10(8-26)4-16(27)25(14)7-15/h1-2,5,10,14-15,26H,3-4,6-9H2. The molecule has 3 rings (SSSR count). The van der Waals surface area contributed by atoms with Crippen molar-refractivity contribution in [3.8, 4) is 0 Å². The van der Waals surface area contributed by atoms with Gasteiger partial charge < -0.3 is 14.7 Å². The van der Waals surface area contributed by atoms with Crippen molar-refractivity contribution in [3.05, 3.63) is 34.9 Å². The molecule has 2 saturated heterocycles. The molecule has 2 aliphatic heterocycles. The summed E-state index contributed by atoms with van der Waals surface area (Å²) in [6, 6.07) is 1.23. The number of fused-ring (bicyclic) bond motifs is 1. The van der Waals surface area contributed by atoms with Gasteiger partial charge in [-0.15, -0.1) is 0 Å². The van der Waals surface area contributed by atoms with Crippen LogP contribution in [0.25, 0.3) is 0 Å². The summed E-state index contributed by atoms with van der Waals surface area (Å²) >= 11 is 0. The Labute approximate surface area is 157 Å². The van der Waals surface area contributed by atoms with E-state index in [2.05, 4.69) is 0 Å². The van der Waals surface area contributed by atoms with E-state index in [1.54, 1.807) is 4.90 Å². The third-order valence-corrected chi connectivity index (χ3v) is 5.16. The molecule has 1 N–H and O–H groups in total. The maximum atomic E-state index is 12.9. The predicted molar refractivity (Wildman–Crippen MR) is 85.0 cm³/mol. The summed E-state index contributed by atoms with van der Waals surface area (Å²) in [6.45, 7) is -0.283. The molecule has 3 atom stereocenters. The molecule has 1 amide bonds. The Hall–Kier alpha value is -1.81. The molecule has 0 radical (unpaired) electrons. The van der Waals surface area contributed by atoms with Crippen LogP contribution in [-0.2, 0) is 28.5 Å². The van der Waals surface area contributed by atoms with Gasteiger partial charge in [0.05, 0.1) is 23.8 Å². The number of carbonyl (C=O) groups excluding carboxylic acids is 1. The first-order chi connectivity index (χ1) is 13.0. The Kier molecular flexibility index (Phi) is 5.64. The maximum Gasteiger partial charge on any atom is 0.416 e. The number of ether oxygens (including phenoxy) is 1. The Morgan fingerprint density at radius 1 is 1.04 bits per heavy atom. The van der Waals surface area contributed by atoms with E-state index in [1.807, 2.05) is 0 Å². The molecule has 2 heterocycles.